The smallest absolute Gasteiger partial charge is 0.276 e. The van der Waals surface area contributed by atoms with Crippen LogP contribution in [0.1, 0.15) is 15.9 Å². The summed E-state index contributed by atoms with van der Waals surface area (Å²) in [5, 5.41) is 27.8. The van der Waals surface area contributed by atoms with E-state index in [1.54, 1.807) is 12.1 Å². The van der Waals surface area contributed by atoms with Gasteiger partial charge in [0.15, 0.2) is 0 Å². The van der Waals surface area contributed by atoms with E-state index < -0.39 is 34.7 Å². The highest BCUT2D eigenvalue weighted by atomic mass is 19.1. The number of nitrogens with one attached hydrogen (secondary N) is 2. The van der Waals surface area contributed by atoms with E-state index in [2.05, 4.69) is 5.43 Å². The van der Waals surface area contributed by atoms with Crippen LogP contribution in [0.4, 0.5) is 4.39 Å². The highest BCUT2D eigenvalue weighted by Crippen LogP contribution is 2.25. The van der Waals surface area contributed by atoms with Gasteiger partial charge in [0.25, 0.3) is 5.91 Å². The van der Waals surface area contributed by atoms with Gasteiger partial charge in [0.05, 0.1) is 6.42 Å². The Morgan fingerprint density at radius 3 is 2.39 bits per heavy atom. The Kier molecular flexibility index (Phi) is 4.65. The summed E-state index contributed by atoms with van der Waals surface area (Å²) in [5.41, 5.74) is 3.81. The van der Waals surface area contributed by atoms with Crippen LogP contribution in [0.25, 0.3) is 0 Å². The summed E-state index contributed by atoms with van der Waals surface area (Å²) in [6.45, 7) is 0. The third kappa shape index (κ3) is 4.10. The van der Waals surface area contributed by atoms with Crippen molar-refractivity contribution in [1.29, 1.82) is 0 Å². The Bertz CT molecular complexity index is 740. The van der Waals surface area contributed by atoms with E-state index >= 15 is 0 Å². The fourth-order valence-electron chi connectivity index (χ4n) is 1.89. The van der Waals surface area contributed by atoms with Gasteiger partial charge in [0.2, 0.25) is 5.91 Å². The molecule has 2 aromatic carbocycles. The maximum atomic E-state index is 13.6. The molecule has 0 unspecified atom stereocenters. The van der Waals surface area contributed by atoms with Crippen molar-refractivity contribution >= 4 is 11.8 Å². The zero-order valence-electron chi connectivity index (χ0n) is 11.7. The van der Waals surface area contributed by atoms with Gasteiger partial charge in [-0.25, -0.2) is 4.39 Å². The second-order valence-corrected chi connectivity index (χ2v) is 4.67. The Hall–Kier alpha value is -3.29. The molecule has 0 radical (unpaired) electrons. The number of hydrogen-bond donors (Lipinski definition) is 5. The van der Waals surface area contributed by atoms with Crippen LogP contribution in [-0.4, -0.2) is 27.1 Å². The number of carbonyl (C=O) groups excluding carboxylic acids is 2. The quantitative estimate of drug-likeness (QED) is 0.539. The monoisotopic (exact) mass is 320 g/mol. The molecular weight excluding hydrogens is 307 g/mol. The van der Waals surface area contributed by atoms with Crippen LogP contribution < -0.4 is 10.9 Å². The average molecular weight is 320 g/mol. The lowest BCUT2D eigenvalue weighted by Crippen LogP contribution is -2.42. The van der Waals surface area contributed by atoms with Crippen molar-refractivity contribution in [1.82, 2.24) is 10.9 Å². The SMILES string of the molecule is O=C(Cc1cccc(O)c1)NNC(=O)c1c(O)cc(O)cc1F. The first-order chi connectivity index (χ1) is 10.9. The molecule has 0 heterocycles. The molecule has 0 saturated heterocycles. The van der Waals surface area contributed by atoms with Gasteiger partial charge in [-0.1, -0.05) is 12.1 Å². The summed E-state index contributed by atoms with van der Waals surface area (Å²) < 4.78 is 13.6. The van der Waals surface area contributed by atoms with Gasteiger partial charge in [0, 0.05) is 12.1 Å². The molecule has 0 fully saturated rings. The van der Waals surface area contributed by atoms with Crippen LogP contribution in [0.5, 0.6) is 17.2 Å². The zero-order chi connectivity index (χ0) is 17.0. The van der Waals surface area contributed by atoms with Crippen molar-refractivity contribution < 1.29 is 29.3 Å². The van der Waals surface area contributed by atoms with Crippen molar-refractivity contribution in [3.05, 3.63) is 53.3 Å². The Morgan fingerprint density at radius 2 is 1.74 bits per heavy atom. The molecule has 0 aromatic heterocycles. The summed E-state index contributed by atoms with van der Waals surface area (Å²) in [6.07, 6.45) is -0.126. The summed E-state index contributed by atoms with van der Waals surface area (Å²) in [7, 11) is 0. The molecule has 2 rings (SSSR count). The fraction of sp³-hybridized carbons (Fsp3) is 0.0667. The number of hydrogen-bond acceptors (Lipinski definition) is 5. The van der Waals surface area contributed by atoms with Gasteiger partial charge in [-0.15, -0.1) is 0 Å². The van der Waals surface area contributed by atoms with E-state index in [0.29, 0.717) is 11.6 Å². The first-order valence-corrected chi connectivity index (χ1v) is 6.45. The number of phenolic OH excluding ortho intramolecular Hbond substituents is 3. The third-order valence-corrected chi connectivity index (χ3v) is 2.87. The number of rotatable bonds is 3. The van der Waals surface area contributed by atoms with Crippen molar-refractivity contribution in [3.8, 4) is 17.2 Å². The van der Waals surface area contributed by atoms with E-state index in [9.17, 15) is 24.2 Å². The third-order valence-electron chi connectivity index (χ3n) is 2.87. The van der Waals surface area contributed by atoms with Crippen LogP contribution in [0.2, 0.25) is 0 Å². The zero-order valence-corrected chi connectivity index (χ0v) is 11.7. The molecule has 5 N–H and O–H groups in total. The van der Waals surface area contributed by atoms with Crippen LogP contribution in [0, 0.1) is 5.82 Å². The number of benzene rings is 2. The topological polar surface area (TPSA) is 119 Å². The van der Waals surface area contributed by atoms with Crippen LogP contribution in [-0.2, 0) is 11.2 Å². The molecule has 7 nitrogen and oxygen atoms in total. The summed E-state index contributed by atoms with van der Waals surface area (Å²) in [6, 6.07) is 7.44. The van der Waals surface area contributed by atoms with Crippen molar-refractivity contribution in [2.45, 2.75) is 6.42 Å². The minimum Gasteiger partial charge on any atom is -0.508 e. The van der Waals surface area contributed by atoms with E-state index in [-0.39, 0.29) is 12.2 Å². The van der Waals surface area contributed by atoms with Gasteiger partial charge in [-0.3, -0.25) is 20.4 Å². The summed E-state index contributed by atoms with van der Waals surface area (Å²) in [4.78, 5) is 23.4. The molecule has 2 amide bonds. The molecule has 0 atom stereocenters. The Morgan fingerprint density at radius 1 is 1.00 bits per heavy atom. The molecule has 0 saturated carbocycles. The van der Waals surface area contributed by atoms with E-state index in [0.717, 1.165) is 6.07 Å². The van der Waals surface area contributed by atoms with E-state index in [4.69, 9.17) is 5.11 Å². The maximum absolute atomic E-state index is 13.6. The lowest BCUT2D eigenvalue weighted by Gasteiger charge is -2.09. The van der Waals surface area contributed by atoms with Crippen molar-refractivity contribution in [2.75, 3.05) is 0 Å². The second kappa shape index (κ2) is 6.65. The van der Waals surface area contributed by atoms with Crippen LogP contribution >= 0.6 is 0 Å². The molecule has 0 bridgehead atoms. The van der Waals surface area contributed by atoms with Gasteiger partial charge in [-0.05, 0) is 17.7 Å². The van der Waals surface area contributed by atoms with Gasteiger partial charge in [0.1, 0.15) is 28.6 Å². The molecule has 2 aromatic rings. The standard InChI is InChI=1S/C15H13FN2O5/c16-11-6-10(20)7-12(21)14(11)15(23)18-17-13(22)5-8-2-1-3-9(19)4-8/h1-4,6-7,19-21H,5H2,(H,17,22)(H,18,23). The molecule has 0 aliphatic carbocycles. The summed E-state index contributed by atoms with van der Waals surface area (Å²) >= 11 is 0. The van der Waals surface area contributed by atoms with E-state index in [1.165, 1.54) is 12.1 Å². The van der Waals surface area contributed by atoms with Crippen molar-refractivity contribution in [3.63, 3.8) is 0 Å². The number of halogens is 1. The Labute approximate surface area is 130 Å². The number of carbonyl (C=O) groups is 2. The first-order valence-electron chi connectivity index (χ1n) is 6.45. The number of aromatic hydroxyl groups is 3. The normalized spacial score (nSPS) is 10.1. The molecule has 8 heteroatoms. The van der Waals surface area contributed by atoms with E-state index in [1.807, 2.05) is 5.43 Å². The van der Waals surface area contributed by atoms with Crippen LogP contribution in [0.3, 0.4) is 0 Å². The van der Waals surface area contributed by atoms with Gasteiger partial charge in [-0.2, -0.15) is 0 Å². The highest BCUT2D eigenvalue weighted by molar-refractivity contribution is 5.98. The molecular formula is C15H13FN2O5. The Balaban J connectivity index is 1.98. The average Bonchev–Trinajstić information content (AvgIpc) is 2.44. The van der Waals surface area contributed by atoms with Crippen molar-refractivity contribution in [2.24, 2.45) is 0 Å². The predicted octanol–water partition coefficient (Wildman–Crippen LogP) is 0.946. The summed E-state index contributed by atoms with van der Waals surface area (Å²) in [5.74, 6) is -4.13. The lowest BCUT2D eigenvalue weighted by molar-refractivity contribution is -0.121. The fourth-order valence-corrected chi connectivity index (χ4v) is 1.89. The molecule has 120 valence electrons. The second-order valence-electron chi connectivity index (χ2n) is 4.67. The first kappa shape index (κ1) is 16.1. The maximum Gasteiger partial charge on any atom is 0.276 e. The lowest BCUT2D eigenvalue weighted by atomic mass is 10.1. The number of hydrazine groups is 1. The molecule has 0 aliphatic heterocycles. The predicted molar refractivity (Wildman–Crippen MR) is 77.1 cm³/mol. The number of phenols is 3. The number of amides is 2. The highest BCUT2D eigenvalue weighted by Gasteiger charge is 2.18. The molecule has 0 spiro atoms. The van der Waals surface area contributed by atoms with Gasteiger partial charge < -0.3 is 15.3 Å². The minimum absolute atomic E-state index is 0.00424. The molecule has 23 heavy (non-hydrogen) atoms. The van der Waals surface area contributed by atoms with Crippen LogP contribution in [0.15, 0.2) is 36.4 Å². The minimum atomic E-state index is -1.14. The van der Waals surface area contributed by atoms with Gasteiger partial charge >= 0.3 is 0 Å². The largest absolute Gasteiger partial charge is 0.508 e. The molecule has 0 aliphatic rings.